The molecule has 2 aromatic rings. The van der Waals surface area contributed by atoms with Crippen molar-refractivity contribution in [2.75, 3.05) is 24.2 Å². The van der Waals surface area contributed by atoms with Crippen molar-refractivity contribution in [2.45, 2.75) is 25.2 Å². The molecule has 0 atom stereocenters. The lowest BCUT2D eigenvalue weighted by atomic mass is 9.72. The van der Waals surface area contributed by atoms with Crippen LogP contribution >= 0.6 is 23.2 Å². The highest BCUT2D eigenvalue weighted by Gasteiger charge is 2.44. The molecule has 1 heterocycles. The van der Waals surface area contributed by atoms with E-state index in [1.807, 2.05) is 30.3 Å². The van der Waals surface area contributed by atoms with E-state index in [2.05, 4.69) is 5.32 Å². The Hall–Kier alpha value is -1.60. The summed E-state index contributed by atoms with van der Waals surface area (Å²) in [5.41, 5.74) is 0.519. The number of hydrogen-bond donors (Lipinski definition) is 1. The molecule has 2 aromatic carbocycles. The summed E-state index contributed by atoms with van der Waals surface area (Å²) in [5, 5.41) is 3.76. The number of halogens is 2. The maximum Gasteiger partial charge on any atom is 0.235 e. The molecule has 1 amide bonds. The molecular formula is C20H22Cl2N2O3S. The number of carbonyl (C=O) groups excluding carboxylic acids is 1. The largest absolute Gasteiger partial charge is 0.324 e. The monoisotopic (exact) mass is 440 g/mol. The average Bonchev–Trinajstić information content (AvgIpc) is 2.70. The number of carbonyl (C=O) groups is 1. The van der Waals surface area contributed by atoms with Crippen molar-refractivity contribution in [1.82, 2.24) is 4.31 Å². The van der Waals surface area contributed by atoms with E-state index < -0.39 is 15.4 Å². The van der Waals surface area contributed by atoms with Gasteiger partial charge in [0.25, 0.3) is 0 Å². The van der Waals surface area contributed by atoms with E-state index in [4.69, 9.17) is 23.2 Å². The fraction of sp³-hybridized carbons (Fsp3) is 0.350. The first-order valence-electron chi connectivity index (χ1n) is 9.08. The fourth-order valence-corrected chi connectivity index (χ4v) is 5.13. The second-order valence-electron chi connectivity index (χ2n) is 6.83. The van der Waals surface area contributed by atoms with Crippen LogP contribution in [0.25, 0.3) is 0 Å². The number of nitrogens with one attached hydrogen (secondary N) is 1. The van der Waals surface area contributed by atoms with Crippen molar-refractivity contribution < 1.29 is 13.2 Å². The fourth-order valence-electron chi connectivity index (χ4n) is 3.57. The van der Waals surface area contributed by atoms with E-state index in [-0.39, 0.29) is 11.7 Å². The summed E-state index contributed by atoms with van der Waals surface area (Å²) in [6, 6.07) is 14.4. The molecule has 1 aliphatic heterocycles. The molecule has 3 rings (SSSR count). The van der Waals surface area contributed by atoms with E-state index in [1.165, 1.54) is 4.31 Å². The van der Waals surface area contributed by atoms with Crippen LogP contribution in [0.15, 0.2) is 48.5 Å². The molecule has 28 heavy (non-hydrogen) atoms. The van der Waals surface area contributed by atoms with Crippen LogP contribution in [-0.4, -0.2) is 37.5 Å². The number of benzene rings is 2. The van der Waals surface area contributed by atoms with Crippen LogP contribution in [0.5, 0.6) is 0 Å². The topological polar surface area (TPSA) is 66.5 Å². The summed E-state index contributed by atoms with van der Waals surface area (Å²) >= 11 is 12.2. The minimum atomic E-state index is -3.28. The van der Waals surface area contributed by atoms with Gasteiger partial charge in [-0.3, -0.25) is 4.79 Å². The molecular weight excluding hydrogens is 419 g/mol. The lowest BCUT2D eigenvalue weighted by Crippen LogP contribution is -2.51. The van der Waals surface area contributed by atoms with Crippen molar-refractivity contribution in [3.63, 3.8) is 0 Å². The Kier molecular flexibility index (Phi) is 6.34. The molecule has 1 saturated heterocycles. The predicted octanol–water partition coefficient (Wildman–Crippen LogP) is 4.32. The van der Waals surface area contributed by atoms with Crippen molar-refractivity contribution in [3.8, 4) is 0 Å². The van der Waals surface area contributed by atoms with Crippen LogP contribution in [0.4, 0.5) is 5.69 Å². The Morgan fingerprint density at radius 2 is 1.75 bits per heavy atom. The van der Waals surface area contributed by atoms with Gasteiger partial charge in [-0.1, -0.05) is 53.5 Å². The second-order valence-corrected chi connectivity index (χ2v) is 9.93. The molecule has 0 bridgehead atoms. The molecule has 1 N–H and O–H groups in total. The van der Waals surface area contributed by atoms with E-state index >= 15 is 0 Å². The first-order chi connectivity index (χ1) is 13.3. The van der Waals surface area contributed by atoms with Gasteiger partial charge in [0, 0.05) is 18.1 Å². The molecule has 0 aromatic heterocycles. The van der Waals surface area contributed by atoms with Crippen LogP contribution in [0.3, 0.4) is 0 Å². The molecule has 5 nitrogen and oxygen atoms in total. The van der Waals surface area contributed by atoms with Crippen LogP contribution in [0, 0.1) is 0 Å². The quantitative estimate of drug-likeness (QED) is 0.752. The van der Waals surface area contributed by atoms with E-state index in [1.54, 1.807) is 25.1 Å². The van der Waals surface area contributed by atoms with Crippen molar-refractivity contribution in [1.29, 1.82) is 0 Å². The number of hydrogen-bond acceptors (Lipinski definition) is 3. The summed E-state index contributed by atoms with van der Waals surface area (Å²) in [7, 11) is -3.28. The van der Waals surface area contributed by atoms with Crippen LogP contribution in [0.1, 0.15) is 25.3 Å². The molecule has 8 heteroatoms. The third-order valence-corrected chi connectivity index (χ3v) is 7.70. The number of rotatable bonds is 5. The first-order valence-corrected chi connectivity index (χ1v) is 11.4. The highest BCUT2D eigenvalue weighted by Crippen LogP contribution is 2.38. The Bertz CT molecular complexity index is 957. The van der Waals surface area contributed by atoms with E-state index in [0.717, 1.165) is 5.56 Å². The smallest absolute Gasteiger partial charge is 0.235 e. The van der Waals surface area contributed by atoms with Crippen molar-refractivity contribution in [2.24, 2.45) is 0 Å². The van der Waals surface area contributed by atoms with Gasteiger partial charge < -0.3 is 5.32 Å². The molecule has 0 saturated carbocycles. The third-order valence-electron chi connectivity index (χ3n) is 5.27. The van der Waals surface area contributed by atoms with Gasteiger partial charge in [0.2, 0.25) is 15.9 Å². The van der Waals surface area contributed by atoms with Crippen LogP contribution in [0.2, 0.25) is 10.0 Å². The number of sulfonamides is 1. The summed E-state index contributed by atoms with van der Waals surface area (Å²) < 4.78 is 25.9. The van der Waals surface area contributed by atoms with Gasteiger partial charge in [-0.25, -0.2) is 12.7 Å². The summed E-state index contributed by atoms with van der Waals surface area (Å²) in [6.07, 6.45) is 0.792. The molecule has 1 fully saturated rings. The highest BCUT2D eigenvalue weighted by atomic mass is 35.5. The van der Waals surface area contributed by atoms with Gasteiger partial charge in [-0.15, -0.1) is 0 Å². The zero-order chi connectivity index (χ0) is 20.4. The molecule has 0 radical (unpaired) electrons. The Balaban J connectivity index is 1.91. The maximum absolute atomic E-state index is 13.4. The van der Waals surface area contributed by atoms with Crippen molar-refractivity contribution in [3.05, 3.63) is 64.1 Å². The van der Waals surface area contributed by atoms with Gasteiger partial charge in [0.15, 0.2) is 0 Å². The molecule has 0 aliphatic carbocycles. The second kappa shape index (κ2) is 8.41. The predicted molar refractivity (Wildman–Crippen MR) is 113 cm³/mol. The number of anilines is 1. The summed E-state index contributed by atoms with van der Waals surface area (Å²) in [5.74, 6) is -0.144. The standard InChI is InChI=1S/C20H22Cl2N2O3S/c1-2-28(26,27)24-12-10-20(11-13-24,15-6-4-3-5-7-15)19(25)23-18-9-8-16(21)14-17(18)22/h3-9,14H,2,10-13H2,1H3,(H,23,25). The minimum Gasteiger partial charge on any atom is -0.324 e. The Morgan fingerprint density at radius 3 is 2.32 bits per heavy atom. The SMILES string of the molecule is CCS(=O)(=O)N1CCC(C(=O)Nc2ccc(Cl)cc2Cl)(c2ccccc2)CC1. The van der Waals surface area contributed by atoms with Crippen LogP contribution in [-0.2, 0) is 20.2 Å². The van der Waals surface area contributed by atoms with E-state index in [0.29, 0.717) is 41.7 Å². The zero-order valence-corrected chi connectivity index (χ0v) is 17.8. The number of piperidine rings is 1. The van der Waals surface area contributed by atoms with Gasteiger partial charge in [0.1, 0.15) is 0 Å². The minimum absolute atomic E-state index is 0.0535. The normalized spacial score (nSPS) is 17.2. The number of amides is 1. The maximum atomic E-state index is 13.4. The lowest BCUT2D eigenvalue weighted by Gasteiger charge is -2.40. The Labute approximate surface area is 175 Å². The first kappa shape index (κ1) is 21.1. The molecule has 0 spiro atoms. The molecule has 0 unspecified atom stereocenters. The summed E-state index contributed by atoms with van der Waals surface area (Å²) in [4.78, 5) is 13.4. The van der Waals surface area contributed by atoms with Gasteiger partial charge in [-0.05, 0) is 43.5 Å². The van der Waals surface area contributed by atoms with Crippen LogP contribution < -0.4 is 5.32 Å². The van der Waals surface area contributed by atoms with Crippen molar-refractivity contribution >= 4 is 44.8 Å². The highest BCUT2D eigenvalue weighted by molar-refractivity contribution is 7.89. The van der Waals surface area contributed by atoms with E-state index in [9.17, 15) is 13.2 Å². The van der Waals surface area contributed by atoms with Gasteiger partial charge in [0.05, 0.1) is 21.9 Å². The molecule has 150 valence electrons. The van der Waals surface area contributed by atoms with Gasteiger partial charge >= 0.3 is 0 Å². The van der Waals surface area contributed by atoms with Gasteiger partial charge in [-0.2, -0.15) is 0 Å². The lowest BCUT2D eigenvalue weighted by molar-refractivity contribution is -0.123. The Morgan fingerprint density at radius 1 is 1.11 bits per heavy atom. The average molecular weight is 441 g/mol. The zero-order valence-electron chi connectivity index (χ0n) is 15.5. The molecule has 1 aliphatic rings. The summed E-state index contributed by atoms with van der Waals surface area (Å²) in [6.45, 7) is 2.23. The third kappa shape index (κ3) is 4.20. The number of nitrogens with zero attached hydrogens (tertiary/aromatic N) is 1.